The first-order valence-electron chi connectivity index (χ1n) is 7.92. The van der Waals surface area contributed by atoms with Gasteiger partial charge in [0, 0.05) is 25.1 Å². The molecule has 1 N–H and O–H groups in total. The van der Waals surface area contributed by atoms with E-state index in [1.807, 2.05) is 12.1 Å². The number of nitrogens with one attached hydrogen (secondary N) is 1. The molecule has 2 aliphatic rings. The molecule has 2 fully saturated rings. The third-order valence-corrected chi connectivity index (χ3v) is 4.21. The van der Waals surface area contributed by atoms with Gasteiger partial charge in [0.25, 0.3) is 0 Å². The quantitative estimate of drug-likeness (QED) is 0.799. The van der Waals surface area contributed by atoms with Crippen molar-refractivity contribution in [1.82, 2.24) is 5.32 Å². The van der Waals surface area contributed by atoms with E-state index < -0.39 is 0 Å². The zero-order chi connectivity index (χ0) is 14.5. The van der Waals surface area contributed by atoms with Gasteiger partial charge in [0.1, 0.15) is 5.75 Å². The van der Waals surface area contributed by atoms with Crippen molar-refractivity contribution in [3.8, 4) is 5.75 Å². The monoisotopic (exact) mass is 291 g/mol. The van der Waals surface area contributed by atoms with Gasteiger partial charge in [0.2, 0.25) is 0 Å². The van der Waals surface area contributed by atoms with E-state index in [-0.39, 0.29) is 6.10 Å². The standard InChI is InChI=1S/C17H25NO3/c1-19-16-6-2-14(3-7-16)17(10-18-15-4-5-15)21-12-13-8-9-20-11-13/h2-3,6-7,13,15,17-18H,4-5,8-12H2,1H3. The first-order valence-corrected chi connectivity index (χ1v) is 7.92. The number of hydrogen-bond donors (Lipinski definition) is 1. The number of ether oxygens (including phenoxy) is 3. The highest BCUT2D eigenvalue weighted by Crippen LogP contribution is 2.25. The van der Waals surface area contributed by atoms with Crippen molar-refractivity contribution >= 4 is 0 Å². The lowest BCUT2D eigenvalue weighted by Gasteiger charge is -2.21. The van der Waals surface area contributed by atoms with Gasteiger partial charge in [-0.1, -0.05) is 12.1 Å². The Bertz CT molecular complexity index is 424. The number of methoxy groups -OCH3 is 1. The normalized spacial score (nSPS) is 23.2. The second-order valence-corrected chi connectivity index (χ2v) is 6.01. The SMILES string of the molecule is COc1ccc(C(CNC2CC2)OCC2CCOC2)cc1. The van der Waals surface area contributed by atoms with E-state index >= 15 is 0 Å². The van der Waals surface area contributed by atoms with Crippen molar-refractivity contribution in [2.24, 2.45) is 5.92 Å². The van der Waals surface area contributed by atoms with Crippen LogP contribution in [0.4, 0.5) is 0 Å². The molecule has 2 unspecified atom stereocenters. The Morgan fingerprint density at radius 3 is 2.67 bits per heavy atom. The highest BCUT2D eigenvalue weighted by Gasteiger charge is 2.24. The Kier molecular flexibility index (Phi) is 5.12. The van der Waals surface area contributed by atoms with Gasteiger partial charge < -0.3 is 19.5 Å². The van der Waals surface area contributed by atoms with Crippen LogP contribution in [-0.2, 0) is 9.47 Å². The van der Waals surface area contributed by atoms with Gasteiger partial charge in [-0.05, 0) is 37.0 Å². The Morgan fingerprint density at radius 2 is 2.05 bits per heavy atom. The minimum atomic E-state index is 0.108. The molecular weight excluding hydrogens is 266 g/mol. The van der Waals surface area contributed by atoms with Crippen LogP contribution in [0.25, 0.3) is 0 Å². The molecular formula is C17H25NO3. The maximum atomic E-state index is 6.18. The number of benzene rings is 1. The Morgan fingerprint density at radius 1 is 1.24 bits per heavy atom. The van der Waals surface area contributed by atoms with Crippen LogP contribution < -0.4 is 10.1 Å². The molecule has 0 radical (unpaired) electrons. The summed E-state index contributed by atoms with van der Waals surface area (Å²) in [6.07, 6.45) is 3.82. The molecule has 2 atom stereocenters. The molecule has 21 heavy (non-hydrogen) atoms. The molecule has 0 spiro atoms. The molecule has 0 bridgehead atoms. The molecule has 116 valence electrons. The number of rotatable bonds is 8. The largest absolute Gasteiger partial charge is 0.497 e. The van der Waals surface area contributed by atoms with Crippen molar-refractivity contribution in [1.29, 1.82) is 0 Å². The van der Waals surface area contributed by atoms with E-state index in [2.05, 4.69) is 17.4 Å². The van der Waals surface area contributed by atoms with Crippen molar-refractivity contribution in [3.63, 3.8) is 0 Å². The van der Waals surface area contributed by atoms with Crippen LogP contribution in [0.1, 0.15) is 30.9 Å². The van der Waals surface area contributed by atoms with Crippen molar-refractivity contribution in [2.45, 2.75) is 31.4 Å². The van der Waals surface area contributed by atoms with Crippen LogP contribution in [-0.4, -0.2) is 39.5 Å². The van der Waals surface area contributed by atoms with Crippen LogP contribution in [0.15, 0.2) is 24.3 Å². The molecule has 0 aromatic heterocycles. The third kappa shape index (κ3) is 4.43. The number of hydrogen-bond acceptors (Lipinski definition) is 4. The Labute approximate surface area is 126 Å². The summed E-state index contributed by atoms with van der Waals surface area (Å²) in [7, 11) is 1.69. The lowest BCUT2D eigenvalue weighted by atomic mass is 10.1. The summed E-state index contributed by atoms with van der Waals surface area (Å²) in [6.45, 7) is 3.38. The van der Waals surface area contributed by atoms with Crippen LogP contribution in [0.5, 0.6) is 5.75 Å². The Hall–Kier alpha value is -1.10. The average molecular weight is 291 g/mol. The van der Waals surface area contributed by atoms with Gasteiger partial charge in [0.05, 0.1) is 26.4 Å². The highest BCUT2D eigenvalue weighted by atomic mass is 16.5. The molecule has 3 rings (SSSR count). The summed E-state index contributed by atoms with van der Waals surface area (Å²) in [5.74, 6) is 1.43. The van der Waals surface area contributed by atoms with Crippen LogP contribution >= 0.6 is 0 Å². The second kappa shape index (κ2) is 7.25. The van der Waals surface area contributed by atoms with Crippen LogP contribution in [0.2, 0.25) is 0 Å². The molecule has 1 heterocycles. The maximum Gasteiger partial charge on any atom is 0.118 e. The lowest BCUT2D eigenvalue weighted by molar-refractivity contribution is 0.0251. The molecule has 0 amide bonds. The average Bonchev–Trinajstić information content (AvgIpc) is 3.21. The van der Waals surface area contributed by atoms with E-state index in [1.54, 1.807) is 7.11 Å². The molecule has 1 saturated heterocycles. The molecule has 1 aromatic rings. The van der Waals surface area contributed by atoms with Crippen LogP contribution in [0, 0.1) is 5.92 Å². The molecule has 4 heteroatoms. The molecule has 1 saturated carbocycles. The van der Waals surface area contributed by atoms with Gasteiger partial charge in [-0.3, -0.25) is 0 Å². The second-order valence-electron chi connectivity index (χ2n) is 6.01. The fraction of sp³-hybridized carbons (Fsp3) is 0.647. The minimum absolute atomic E-state index is 0.108. The summed E-state index contributed by atoms with van der Waals surface area (Å²) < 4.78 is 16.8. The van der Waals surface area contributed by atoms with Gasteiger partial charge in [-0.2, -0.15) is 0 Å². The van der Waals surface area contributed by atoms with Gasteiger partial charge in [-0.15, -0.1) is 0 Å². The van der Waals surface area contributed by atoms with Crippen LogP contribution in [0.3, 0.4) is 0 Å². The van der Waals surface area contributed by atoms with Crippen molar-refractivity contribution in [3.05, 3.63) is 29.8 Å². The summed E-state index contributed by atoms with van der Waals surface area (Å²) in [6, 6.07) is 8.90. The van der Waals surface area contributed by atoms with E-state index in [4.69, 9.17) is 14.2 Å². The smallest absolute Gasteiger partial charge is 0.118 e. The zero-order valence-corrected chi connectivity index (χ0v) is 12.7. The molecule has 4 nitrogen and oxygen atoms in total. The summed E-state index contributed by atoms with van der Waals surface area (Å²) in [5.41, 5.74) is 1.21. The predicted molar refractivity (Wildman–Crippen MR) is 81.6 cm³/mol. The Balaban J connectivity index is 1.58. The van der Waals surface area contributed by atoms with E-state index in [0.29, 0.717) is 12.0 Å². The van der Waals surface area contributed by atoms with Gasteiger partial charge in [0.15, 0.2) is 0 Å². The minimum Gasteiger partial charge on any atom is -0.497 e. The van der Waals surface area contributed by atoms with E-state index in [9.17, 15) is 0 Å². The first-order chi connectivity index (χ1) is 10.3. The highest BCUT2D eigenvalue weighted by molar-refractivity contribution is 5.28. The predicted octanol–water partition coefficient (Wildman–Crippen LogP) is 2.54. The van der Waals surface area contributed by atoms with Gasteiger partial charge in [-0.25, -0.2) is 0 Å². The van der Waals surface area contributed by atoms with E-state index in [1.165, 1.54) is 18.4 Å². The molecule has 1 aromatic carbocycles. The van der Waals surface area contributed by atoms with Gasteiger partial charge >= 0.3 is 0 Å². The first kappa shape index (κ1) is 14.8. The molecule has 1 aliphatic carbocycles. The molecule has 1 aliphatic heterocycles. The maximum absolute atomic E-state index is 6.18. The summed E-state index contributed by atoms with van der Waals surface area (Å²) in [5, 5.41) is 3.57. The third-order valence-electron chi connectivity index (χ3n) is 4.21. The summed E-state index contributed by atoms with van der Waals surface area (Å²) >= 11 is 0. The zero-order valence-electron chi connectivity index (χ0n) is 12.7. The van der Waals surface area contributed by atoms with Crippen molar-refractivity contribution in [2.75, 3.05) is 33.5 Å². The topological polar surface area (TPSA) is 39.7 Å². The van der Waals surface area contributed by atoms with Crippen molar-refractivity contribution < 1.29 is 14.2 Å². The lowest BCUT2D eigenvalue weighted by Crippen LogP contribution is -2.26. The fourth-order valence-corrected chi connectivity index (χ4v) is 2.62. The fourth-order valence-electron chi connectivity index (χ4n) is 2.62. The van der Waals surface area contributed by atoms with E-state index in [0.717, 1.165) is 38.5 Å². The summed E-state index contributed by atoms with van der Waals surface area (Å²) in [4.78, 5) is 0.